The van der Waals surface area contributed by atoms with Gasteiger partial charge in [-0.2, -0.15) is 0 Å². The summed E-state index contributed by atoms with van der Waals surface area (Å²) >= 11 is 0. The molecule has 1 aromatic rings. The van der Waals surface area contributed by atoms with Gasteiger partial charge in [0, 0.05) is 25.1 Å². The normalized spacial score (nSPS) is 15.7. The lowest BCUT2D eigenvalue weighted by Crippen LogP contribution is -2.59. The Labute approximate surface area is 152 Å². The topological polar surface area (TPSA) is 108 Å². The number of nitrogens with two attached hydrogens (primary N) is 1. The zero-order valence-corrected chi connectivity index (χ0v) is 15.0. The number of anilines is 1. The second-order valence-electron chi connectivity index (χ2n) is 5.66. The number of amides is 1. The summed E-state index contributed by atoms with van der Waals surface area (Å²) < 4.78 is 15.6. The molecule has 0 aliphatic carbocycles. The van der Waals surface area contributed by atoms with E-state index in [1.54, 1.807) is 38.1 Å². The molecule has 0 saturated carbocycles. The third kappa shape index (κ3) is 3.65. The van der Waals surface area contributed by atoms with E-state index in [-0.39, 0.29) is 32.0 Å². The van der Waals surface area contributed by atoms with Crippen molar-refractivity contribution in [3.8, 4) is 5.75 Å². The highest BCUT2D eigenvalue weighted by Gasteiger charge is 2.60. The average Bonchev–Trinajstić information content (AvgIpc) is 2.99. The average molecular weight is 364 g/mol. The lowest BCUT2D eigenvalue weighted by molar-refractivity contribution is -0.164. The fraction of sp³-hybridized carbons (Fsp3) is 0.500. The molecule has 2 N–H and O–H groups in total. The van der Waals surface area contributed by atoms with Crippen molar-refractivity contribution < 1.29 is 28.6 Å². The van der Waals surface area contributed by atoms with Gasteiger partial charge in [-0.3, -0.25) is 9.69 Å². The fourth-order valence-corrected chi connectivity index (χ4v) is 2.93. The predicted molar refractivity (Wildman–Crippen MR) is 93.7 cm³/mol. The summed E-state index contributed by atoms with van der Waals surface area (Å²) in [5.74, 6) is -1.34. The van der Waals surface area contributed by atoms with E-state index in [2.05, 4.69) is 0 Å². The number of carbonyl (C=O) groups excluding carboxylic acids is 3. The van der Waals surface area contributed by atoms with Crippen LogP contribution in [-0.2, 0) is 23.9 Å². The first-order chi connectivity index (χ1) is 12.5. The van der Waals surface area contributed by atoms with Crippen LogP contribution in [-0.4, -0.2) is 49.8 Å². The van der Waals surface area contributed by atoms with Crippen molar-refractivity contribution in [2.24, 2.45) is 5.73 Å². The van der Waals surface area contributed by atoms with Crippen LogP contribution in [0.3, 0.4) is 0 Å². The van der Waals surface area contributed by atoms with Crippen LogP contribution in [0.15, 0.2) is 24.3 Å². The first-order valence-electron chi connectivity index (χ1n) is 8.61. The molecule has 0 aromatic heterocycles. The zero-order valence-electron chi connectivity index (χ0n) is 15.0. The van der Waals surface area contributed by atoms with Crippen molar-refractivity contribution >= 4 is 23.5 Å². The van der Waals surface area contributed by atoms with Gasteiger partial charge in [-0.1, -0.05) is 0 Å². The quantitative estimate of drug-likeness (QED) is 0.542. The summed E-state index contributed by atoms with van der Waals surface area (Å²) in [6.45, 7) is 4.20. The molecule has 1 aliphatic heterocycles. The number of benzene rings is 1. The van der Waals surface area contributed by atoms with E-state index in [0.29, 0.717) is 24.6 Å². The van der Waals surface area contributed by atoms with Gasteiger partial charge in [0.25, 0.3) is 0 Å². The van der Waals surface area contributed by atoms with Gasteiger partial charge in [0.1, 0.15) is 12.4 Å². The standard InChI is InChI=1S/C18H24N2O6/c1-3-24-16(22)18(17(23)25-4-2)10-9-15(21)20(18)13-5-7-14(8-6-13)26-12-11-19/h5-8H,3-4,9-12,19H2,1-2H3. The molecular formula is C18H24N2O6. The van der Waals surface area contributed by atoms with Crippen LogP contribution in [0, 0.1) is 0 Å². The van der Waals surface area contributed by atoms with Crippen molar-refractivity contribution in [1.82, 2.24) is 0 Å². The molecule has 26 heavy (non-hydrogen) atoms. The monoisotopic (exact) mass is 364 g/mol. The van der Waals surface area contributed by atoms with Crippen LogP contribution in [0.5, 0.6) is 5.75 Å². The number of rotatable bonds is 8. The molecule has 0 radical (unpaired) electrons. The molecule has 1 aromatic carbocycles. The summed E-state index contributed by atoms with van der Waals surface area (Å²) in [5.41, 5.74) is 4.00. The summed E-state index contributed by atoms with van der Waals surface area (Å²) in [4.78, 5) is 39.0. The van der Waals surface area contributed by atoms with Gasteiger partial charge in [-0.15, -0.1) is 0 Å². The highest BCUT2D eigenvalue weighted by atomic mass is 16.6. The molecule has 1 saturated heterocycles. The third-order valence-electron chi connectivity index (χ3n) is 4.04. The van der Waals surface area contributed by atoms with E-state index < -0.39 is 17.5 Å². The van der Waals surface area contributed by atoms with E-state index in [4.69, 9.17) is 19.9 Å². The van der Waals surface area contributed by atoms with Crippen LogP contribution in [0.4, 0.5) is 5.69 Å². The molecule has 0 unspecified atom stereocenters. The second kappa shape index (κ2) is 8.66. The van der Waals surface area contributed by atoms with E-state index in [1.807, 2.05) is 0 Å². The van der Waals surface area contributed by atoms with E-state index in [1.165, 1.54) is 4.90 Å². The van der Waals surface area contributed by atoms with Crippen LogP contribution < -0.4 is 15.4 Å². The molecule has 0 bridgehead atoms. The minimum Gasteiger partial charge on any atom is -0.492 e. The van der Waals surface area contributed by atoms with Crippen molar-refractivity contribution in [2.45, 2.75) is 32.2 Å². The molecule has 8 heteroatoms. The van der Waals surface area contributed by atoms with Crippen molar-refractivity contribution in [1.29, 1.82) is 0 Å². The summed E-state index contributed by atoms with van der Waals surface area (Å²) in [6.07, 6.45) is 0.0536. The summed E-state index contributed by atoms with van der Waals surface area (Å²) in [6, 6.07) is 6.53. The summed E-state index contributed by atoms with van der Waals surface area (Å²) in [7, 11) is 0. The van der Waals surface area contributed by atoms with Gasteiger partial charge >= 0.3 is 11.9 Å². The van der Waals surface area contributed by atoms with Crippen LogP contribution in [0.25, 0.3) is 0 Å². The molecule has 2 rings (SSSR count). The highest BCUT2D eigenvalue weighted by Crippen LogP contribution is 2.38. The molecule has 1 aliphatic rings. The van der Waals surface area contributed by atoms with Gasteiger partial charge in [-0.05, 0) is 38.1 Å². The SMILES string of the molecule is CCOC(=O)C1(C(=O)OCC)CCC(=O)N1c1ccc(OCCN)cc1. The van der Waals surface area contributed by atoms with Crippen molar-refractivity contribution in [3.05, 3.63) is 24.3 Å². The summed E-state index contributed by atoms with van der Waals surface area (Å²) in [5, 5.41) is 0. The van der Waals surface area contributed by atoms with Crippen molar-refractivity contribution in [3.63, 3.8) is 0 Å². The van der Waals surface area contributed by atoms with Crippen molar-refractivity contribution in [2.75, 3.05) is 31.3 Å². The van der Waals surface area contributed by atoms with Gasteiger partial charge in [0.2, 0.25) is 11.4 Å². The molecule has 1 heterocycles. The van der Waals surface area contributed by atoms with E-state index in [9.17, 15) is 14.4 Å². The number of hydrogen-bond acceptors (Lipinski definition) is 7. The van der Waals surface area contributed by atoms with Crippen LogP contribution in [0.1, 0.15) is 26.7 Å². The molecular weight excluding hydrogens is 340 g/mol. The smallest absolute Gasteiger partial charge is 0.344 e. The van der Waals surface area contributed by atoms with Gasteiger partial charge in [0.15, 0.2) is 0 Å². The number of ether oxygens (including phenoxy) is 3. The minimum absolute atomic E-state index is 0.00885. The fourth-order valence-electron chi connectivity index (χ4n) is 2.93. The Morgan fingerprint density at radius 3 is 2.19 bits per heavy atom. The second-order valence-corrected chi connectivity index (χ2v) is 5.66. The number of nitrogens with zero attached hydrogens (tertiary/aromatic N) is 1. The lowest BCUT2D eigenvalue weighted by Gasteiger charge is -2.33. The molecule has 8 nitrogen and oxygen atoms in total. The van der Waals surface area contributed by atoms with Crippen LogP contribution >= 0.6 is 0 Å². The molecule has 1 fully saturated rings. The number of hydrogen-bond donors (Lipinski definition) is 1. The maximum Gasteiger partial charge on any atom is 0.344 e. The lowest BCUT2D eigenvalue weighted by atomic mass is 9.95. The number of esters is 2. The number of carbonyl (C=O) groups is 3. The molecule has 142 valence electrons. The Morgan fingerprint density at radius 1 is 1.12 bits per heavy atom. The van der Waals surface area contributed by atoms with E-state index >= 15 is 0 Å². The Balaban J connectivity index is 2.42. The Bertz CT molecular complexity index is 640. The maximum absolute atomic E-state index is 12.7. The first-order valence-corrected chi connectivity index (χ1v) is 8.61. The first kappa shape index (κ1) is 19.7. The largest absolute Gasteiger partial charge is 0.492 e. The Kier molecular flexibility index (Phi) is 6.57. The van der Waals surface area contributed by atoms with E-state index in [0.717, 1.165) is 0 Å². The Hall–Kier alpha value is -2.61. The zero-order chi connectivity index (χ0) is 19.2. The van der Waals surface area contributed by atoms with Gasteiger partial charge in [-0.25, -0.2) is 9.59 Å². The van der Waals surface area contributed by atoms with Gasteiger partial charge in [0.05, 0.1) is 13.2 Å². The predicted octanol–water partition coefficient (Wildman–Crippen LogP) is 1.02. The molecule has 1 amide bonds. The molecule has 0 spiro atoms. The Morgan fingerprint density at radius 2 is 1.69 bits per heavy atom. The third-order valence-corrected chi connectivity index (χ3v) is 4.04. The van der Waals surface area contributed by atoms with Gasteiger partial charge < -0.3 is 19.9 Å². The van der Waals surface area contributed by atoms with Crippen LogP contribution in [0.2, 0.25) is 0 Å². The minimum atomic E-state index is -1.80. The highest BCUT2D eigenvalue weighted by molar-refractivity contribution is 6.18. The maximum atomic E-state index is 12.7. The molecule has 0 atom stereocenters.